The number of thiol groups is 1. The van der Waals surface area contributed by atoms with Gasteiger partial charge in [0.25, 0.3) is 0 Å². The molecule has 178 valence electrons. The van der Waals surface area contributed by atoms with E-state index >= 15 is 0 Å². The molecule has 1 aromatic rings. The van der Waals surface area contributed by atoms with E-state index in [-0.39, 0.29) is 18.4 Å². The molecule has 0 aromatic heterocycles. The Morgan fingerprint density at radius 3 is 2.59 bits per heavy atom. The number of ether oxygens (including phenoxy) is 1. The van der Waals surface area contributed by atoms with Crippen LogP contribution in [-0.4, -0.2) is 42.6 Å². The number of halogens is 3. The van der Waals surface area contributed by atoms with Crippen LogP contribution < -0.4 is 5.32 Å². The van der Waals surface area contributed by atoms with Crippen LogP contribution >= 0.6 is 12.6 Å². The van der Waals surface area contributed by atoms with E-state index in [2.05, 4.69) is 31.8 Å². The van der Waals surface area contributed by atoms with Crippen molar-refractivity contribution in [2.24, 2.45) is 11.3 Å². The van der Waals surface area contributed by atoms with E-state index in [0.29, 0.717) is 35.5 Å². The van der Waals surface area contributed by atoms with Crippen LogP contribution in [0, 0.1) is 11.3 Å². The molecule has 1 aliphatic carbocycles. The predicted molar refractivity (Wildman–Crippen MR) is 120 cm³/mol. The highest BCUT2D eigenvalue weighted by Gasteiger charge is 2.50. The van der Waals surface area contributed by atoms with Gasteiger partial charge in [-0.3, -0.25) is 4.79 Å². The lowest BCUT2D eigenvalue weighted by Crippen LogP contribution is -2.49. The lowest BCUT2D eigenvalue weighted by atomic mass is 9.73. The number of rotatable bonds is 4. The van der Waals surface area contributed by atoms with Gasteiger partial charge in [0.15, 0.2) is 0 Å². The van der Waals surface area contributed by atoms with Gasteiger partial charge in [-0.05, 0) is 67.7 Å². The average Bonchev–Trinajstić information content (AvgIpc) is 3.18. The topological polar surface area (TPSA) is 41.6 Å². The van der Waals surface area contributed by atoms with Gasteiger partial charge in [0.2, 0.25) is 5.91 Å². The number of nitrogens with zero attached hydrogens (tertiary/aromatic N) is 1. The molecular formula is C24H33F3N2O2S. The van der Waals surface area contributed by atoms with Gasteiger partial charge >= 0.3 is 6.18 Å². The second kappa shape index (κ2) is 9.18. The Labute approximate surface area is 193 Å². The third-order valence-corrected chi connectivity index (χ3v) is 8.10. The smallest absolute Gasteiger partial charge is 0.381 e. The highest BCUT2D eigenvalue weighted by Crippen LogP contribution is 2.47. The lowest BCUT2D eigenvalue weighted by Gasteiger charge is -2.40. The number of amides is 1. The fraction of sp³-hybridized carbons (Fsp3) is 0.708. The van der Waals surface area contributed by atoms with Gasteiger partial charge in [-0.25, -0.2) is 0 Å². The van der Waals surface area contributed by atoms with Gasteiger partial charge in [0, 0.05) is 43.3 Å². The standard InChI is InChI=1S/C24H33F3N2O2S/c1-15(2)23(7-3-19(13-23)28-18-5-9-31-10-6-18)22(30)29-8-4-20-16(14-29)11-17(12-21(20)32)24(25,26)27/h11-12,15,18-19,28,32H,3-10,13-14H2,1-2H3/t19-,23+/m1/s1. The average molecular weight is 471 g/mol. The Balaban J connectivity index is 1.51. The normalized spacial score (nSPS) is 27.1. The van der Waals surface area contributed by atoms with Crippen molar-refractivity contribution in [3.63, 3.8) is 0 Å². The van der Waals surface area contributed by atoms with Gasteiger partial charge in [0.1, 0.15) is 0 Å². The minimum absolute atomic E-state index is 0.0903. The summed E-state index contributed by atoms with van der Waals surface area (Å²) in [5.41, 5.74) is 0.231. The van der Waals surface area contributed by atoms with E-state index < -0.39 is 17.2 Å². The zero-order chi connectivity index (χ0) is 23.1. The SMILES string of the molecule is CC(C)[C@]1(C(=O)N2CCc3c(S)cc(C(F)(F)F)cc3C2)CC[C@@H](NC2CCOCC2)C1. The van der Waals surface area contributed by atoms with Crippen LogP contribution in [0.3, 0.4) is 0 Å². The van der Waals surface area contributed by atoms with Crippen molar-refractivity contribution >= 4 is 18.5 Å². The van der Waals surface area contributed by atoms with Crippen LogP contribution in [0.1, 0.15) is 62.6 Å². The van der Waals surface area contributed by atoms with Gasteiger partial charge in [-0.2, -0.15) is 13.2 Å². The number of hydrogen-bond donors (Lipinski definition) is 2. The van der Waals surface area contributed by atoms with E-state index in [1.807, 2.05) is 0 Å². The molecule has 1 saturated carbocycles. The Bertz CT molecular complexity index is 854. The van der Waals surface area contributed by atoms with E-state index in [1.54, 1.807) is 4.90 Å². The van der Waals surface area contributed by atoms with Crippen molar-refractivity contribution < 1.29 is 22.7 Å². The summed E-state index contributed by atoms with van der Waals surface area (Å²) >= 11 is 4.31. The summed E-state index contributed by atoms with van der Waals surface area (Å²) in [5.74, 6) is 0.257. The summed E-state index contributed by atoms with van der Waals surface area (Å²) in [5, 5.41) is 3.75. The monoisotopic (exact) mass is 470 g/mol. The van der Waals surface area contributed by atoms with Crippen LogP contribution in [0.2, 0.25) is 0 Å². The first-order chi connectivity index (χ1) is 15.1. The van der Waals surface area contributed by atoms with Crippen LogP contribution in [-0.2, 0) is 28.7 Å². The number of alkyl halides is 3. The Hall–Kier alpha value is -1.25. The number of carbonyl (C=O) groups is 1. The molecule has 1 N–H and O–H groups in total. The Morgan fingerprint density at radius 1 is 1.22 bits per heavy atom. The molecule has 4 nitrogen and oxygen atoms in total. The van der Waals surface area contributed by atoms with Crippen LogP contribution in [0.25, 0.3) is 0 Å². The molecule has 4 rings (SSSR count). The van der Waals surface area contributed by atoms with Crippen molar-refractivity contribution in [2.45, 2.75) is 82.1 Å². The molecule has 1 saturated heterocycles. The van der Waals surface area contributed by atoms with Gasteiger partial charge in [-0.15, -0.1) is 12.6 Å². The molecule has 1 aromatic carbocycles. The zero-order valence-electron chi connectivity index (χ0n) is 18.8. The predicted octanol–water partition coefficient (Wildman–Crippen LogP) is 4.84. The molecule has 3 aliphatic rings. The first-order valence-corrected chi connectivity index (χ1v) is 12.1. The van der Waals surface area contributed by atoms with Crippen LogP contribution in [0.4, 0.5) is 13.2 Å². The highest BCUT2D eigenvalue weighted by molar-refractivity contribution is 7.80. The summed E-state index contributed by atoms with van der Waals surface area (Å²) < 4.78 is 45.4. The van der Waals surface area contributed by atoms with E-state index in [4.69, 9.17) is 4.74 Å². The third-order valence-electron chi connectivity index (χ3n) is 7.70. The van der Waals surface area contributed by atoms with Crippen molar-refractivity contribution in [1.82, 2.24) is 10.2 Å². The van der Waals surface area contributed by atoms with Crippen molar-refractivity contribution in [1.29, 1.82) is 0 Å². The second-order valence-electron chi connectivity index (χ2n) is 9.91. The maximum atomic E-state index is 13.8. The molecule has 2 fully saturated rings. The summed E-state index contributed by atoms with van der Waals surface area (Å²) in [7, 11) is 0. The van der Waals surface area contributed by atoms with E-state index in [1.165, 1.54) is 6.07 Å². The molecule has 2 heterocycles. The van der Waals surface area contributed by atoms with Crippen molar-refractivity contribution in [3.8, 4) is 0 Å². The lowest BCUT2D eigenvalue weighted by molar-refractivity contribution is -0.146. The second-order valence-corrected chi connectivity index (χ2v) is 10.4. The highest BCUT2D eigenvalue weighted by atomic mass is 32.1. The first kappa shape index (κ1) is 23.9. The molecule has 0 unspecified atom stereocenters. The summed E-state index contributed by atoms with van der Waals surface area (Å²) in [6.45, 7) is 6.49. The van der Waals surface area contributed by atoms with Crippen LogP contribution in [0.5, 0.6) is 0 Å². The largest absolute Gasteiger partial charge is 0.416 e. The molecule has 2 aliphatic heterocycles. The van der Waals surface area contributed by atoms with Gasteiger partial charge in [0.05, 0.1) is 11.0 Å². The molecule has 0 spiro atoms. The number of hydrogen-bond acceptors (Lipinski definition) is 4. The summed E-state index contributed by atoms with van der Waals surface area (Å²) in [4.78, 5) is 16.0. The minimum Gasteiger partial charge on any atom is -0.381 e. The van der Waals surface area contributed by atoms with Crippen molar-refractivity contribution in [2.75, 3.05) is 19.8 Å². The Kier molecular flexibility index (Phi) is 6.86. The number of benzene rings is 1. The Morgan fingerprint density at radius 2 is 1.94 bits per heavy atom. The maximum absolute atomic E-state index is 13.8. The number of carbonyl (C=O) groups excluding carboxylic acids is 1. The van der Waals surface area contributed by atoms with Gasteiger partial charge in [-0.1, -0.05) is 13.8 Å². The molecule has 8 heteroatoms. The molecular weight excluding hydrogens is 437 g/mol. The van der Waals surface area contributed by atoms with Gasteiger partial charge < -0.3 is 15.0 Å². The summed E-state index contributed by atoms with van der Waals surface area (Å²) in [6.07, 6.45) is 0.650. The molecule has 1 amide bonds. The van der Waals surface area contributed by atoms with E-state index in [0.717, 1.165) is 56.9 Å². The number of fused-ring (bicyclic) bond motifs is 1. The van der Waals surface area contributed by atoms with Crippen molar-refractivity contribution in [3.05, 3.63) is 28.8 Å². The minimum atomic E-state index is -4.42. The fourth-order valence-electron chi connectivity index (χ4n) is 5.71. The van der Waals surface area contributed by atoms with E-state index in [9.17, 15) is 18.0 Å². The van der Waals surface area contributed by atoms with Crippen LogP contribution in [0.15, 0.2) is 17.0 Å². The fourth-order valence-corrected chi connectivity index (χ4v) is 6.10. The maximum Gasteiger partial charge on any atom is 0.416 e. The molecule has 32 heavy (non-hydrogen) atoms. The third kappa shape index (κ3) is 4.68. The molecule has 0 radical (unpaired) electrons. The zero-order valence-corrected chi connectivity index (χ0v) is 19.7. The molecule has 2 atom stereocenters. The quantitative estimate of drug-likeness (QED) is 0.619. The first-order valence-electron chi connectivity index (χ1n) is 11.7. The molecule has 0 bridgehead atoms. The summed E-state index contributed by atoms with van der Waals surface area (Å²) in [6, 6.07) is 3.02. The number of nitrogens with one attached hydrogen (secondary N) is 1.